The van der Waals surface area contributed by atoms with Gasteiger partial charge in [0.2, 0.25) is 0 Å². The lowest BCUT2D eigenvalue weighted by Crippen LogP contribution is -2.39. The van der Waals surface area contributed by atoms with Gasteiger partial charge in [-0.05, 0) is 128 Å². The SMILES string of the molecule is C.CC(C)(CN1CCCCC1)SSCCCCO.CC(C)(S)CN1CCCCC1.OCCCCSSc1ccccn1.S=S.S=S=S=S=S=S=S=S=S=S=S=S=S=S=S=S=S=S=S=S=S=S=S=S=S=S=S=S=S=S=S=S=S=S=S=S=S=S=S=S=S=S=S=S=S=S=S=S.S=S=S=S=S=S=S=S=S=S=S=S=S=S=S=S=S=S=S=S=S=S=S=S=S=S=S=S=S=S=S=S=S=S=S=S=S=S=S=S=S=S=S=S=S=S=S=S=S. The number of aromatic nitrogens is 1. The van der Waals surface area contributed by atoms with Crippen molar-refractivity contribution in [3.63, 3.8) is 0 Å². The van der Waals surface area contributed by atoms with Gasteiger partial charge in [-0.1, -0.05) is 58.7 Å². The van der Waals surface area contributed by atoms with E-state index in [2.05, 4.69) is 77.5 Å². The van der Waals surface area contributed by atoms with E-state index in [0.29, 0.717) is 18.0 Å². The molecule has 2 fully saturated rings. The lowest BCUT2D eigenvalue weighted by atomic mass is 10.1. The maximum Gasteiger partial charge on any atom is 0.106 e. The lowest BCUT2D eigenvalue weighted by Gasteiger charge is -2.34. The number of nitrogens with zero attached hydrogens (tertiary/aromatic N) is 3. The summed E-state index contributed by atoms with van der Waals surface area (Å²) in [6.45, 7) is 17.2. The maximum absolute atomic E-state index is 8.72. The fourth-order valence-corrected chi connectivity index (χ4v) is 255. The Morgan fingerprint density at radius 2 is 0.440 bits per heavy atom. The molecule has 109 heteroatoms. The summed E-state index contributed by atoms with van der Waals surface area (Å²) in [7, 11) is 173. The van der Waals surface area contributed by atoms with E-state index in [1.165, 1.54) is 107 Å². The molecule has 3 rings (SSSR count). The van der Waals surface area contributed by atoms with E-state index in [0.717, 1.165) is 48.8 Å². The molecule has 3 heterocycles. The van der Waals surface area contributed by atoms with Gasteiger partial charge in [-0.2, -0.15) is 12.6 Å². The van der Waals surface area contributed by atoms with Gasteiger partial charge in [0, 0.05) is 947 Å². The van der Waals surface area contributed by atoms with Crippen molar-refractivity contribution in [2.75, 3.05) is 64.0 Å². The number of aliphatic hydroxyl groups is 2. The maximum atomic E-state index is 8.72. The molecular weight excluding hydrogens is 3790 g/mol. The largest absolute Gasteiger partial charge is 0.396 e. The van der Waals surface area contributed by atoms with Crippen LogP contribution in [0.4, 0.5) is 0 Å². The second kappa shape index (κ2) is 155. The molecule has 2 N–H and O–H groups in total. The van der Waals surface area contributed by atoms with Crippen molar-refractivity contribution in [2.24, 2.45) is 0 Å². The van der Waals surface area contributed by atoms with Gasteiger partial charge in [-0.15, -0.1) is 0 Å². The number of piperidine rings is 2. The Hall–Kier alpha value is 22.5. The first-order valence-corrected chi connectivity index (χ1v) is 165. The zero-order chi connectivity index (χ0) is 102. The molecule has 0 spiro atoms. The zero-order valence-electron chi connectivity index (χ0n) is 66.7. The van der Waals surface area contributed by atoms with Crippen molar-refractivity contribution in [1.82, 2.24) is 14.8 Å². The molecule has 0 aliphatic carbocycles. The highest BCUT2D eigenvalue weighted by Gasteiger charge is 2.24. The van der Waals surface area contributed by atoms with Crippen molar-refractivity contribution < 1.29 is 10.2 Å². The molecule has 2 aliphatic rings. The average Bonchev–Trinajstić information content (AvgIpc) is 0.512. The van der Waals surface area contributed by atoms with Gasteiger partial charge in [-0.3, -0.25) is 0 Å². The fourth-order valence-electron chi connectivity index (χ4n) is 5.60. The Kier molecular flexibility index (Phi) is 186. The van der Waals surface area contributed by atoms with Gasteiger partial charge in [0.05, 0.1) is 0 Å². The Bertz CT molecular complexity index is 8450. The van der Waals surface area contributed by atoms with E-state index >= 15 is 0 Å². The van der Waals surface area contributed by atoms with E-state index in [-0.39, 0.29) is 12.2 Å². The number of rotatable bonds is 16. The topological polar surface area (TPSA) is 59.8 Å². The molecule has 0 amide bonds. The molecule has 0 aromatic carbocycles. The van der Waals surface area contributed by atoms with Crippen molar-refractivity contribution in [2.45, 2.75) is 114 Å². The van der Waals surface area contributed by atoms with Crippen LogP contribution in [0.3, 0.4) is 0 Å². The van der Waals surface area contributed by atoms with Gasteiger partial charge in [0.15, 0.2) is 0 Å². The van der Waals surface area contributed by atoms with Gasteiger partial charge >= 0.3 is 0 Å². The lowest BCUT2D eigenvalue weighted by molar-refractivity contribution is 0.215. The molecule has 141 heavy (non-hydrogen) atoms. The molecule has 0 atom stereocenters. The highest BCUT2D eigenvalue weighted by molar-refractivity contribution is 8.87. The summed E-state index contributed by atoms with van der Waals surface area (Å²) < 4.78 is 0.526. The Morgan fingerprint density at radius 1 is 0.262 bits per heavy atom. The highest BCUT2D eigenvalue weighted by Crippen LogP contribution is 2.37. The number of likely N-dealkylation sites (tertiary alicyclic amines) is 2. The number of hydrogen-bond donors (Lipinski definition) is 3. The molecule has 0 unspecified atom stereocenters. The summed E-state index contributed by atoms with van der Waals surface area (Å²) in [5.41, 5.74) is 0. The van der Waals surface area contributed by atoms with Crippen LogP contribution in [0.2, 0.25) is 0 Å². The second-order valence-electron chi connectivity index (χ2n) is 18.4. The Morgan fingerprint density at radius 3 is 0.603 bits per heavy atom. The van der Waals surface area contributed by atoms with Crippen molar-refractivity contribution in [1.29, 1.82) is 0 Å². The number of unbranched alkanes of at least 4 members (excludes halogenated alkanes) is 2. The summed E-state index contributed by atoms with van der Waals surface area (Å²) in [6.07, 6.45) is 14.2. The molecule has 1 aromatic heterocycles. The summed E-state index contributed by atoms with van der Waals surface area (Å²) in [5.74, 6) is 2.23. The monoisotopic (exact) mass is 3850 g/mol. The van der Waals surface area contributed by atoms with E-state index in [1.54, 1.807) is 241 Å². The van der Waals surface area contributed by atoms with Crippen LogP contribution in [0.5, 0.6) is 0 Å². The third-order valence-corrected chi connectivity index (χ3v) is 217. The van der Waals surface area contributed by atoms with Gasteiger partial charge in [0.1, 0.15) is 5.03 Å². The summed E-state index contributed by atoms with van der Waals surface area (Å²) in [6, 6.07) is 5.91. The van der Waals surface area contributed by atoms with E-state index in [1.807, 2.05) is 617 Å². The predicted molar refractivity (Wildman–Crippen MR) is 929 cm³/mol. The van der Waals surface area contributed by atoms with E-state index in [4.69, 9.17) is 55.0 Å². The Labute approximate surface area is 1140 Å². The van der Waals surface area contributed by atoms with Crippen molar-refractivity contribution >= 4 is 949 Å². The minimum atomic E-state index is 0. The van der Waals surface area contributed by atoms with Crippen LogP contribution >= 0.6 is 55.8 Å². The second-order valence-corrected chi connectivity index (χ2v) is 190. The zero-order valence-corrected chi connectivity index (χ0v) is 152. The van der Waals surface area contributed by atoms with Gasteiger partial charge < -0.3 is 20.0 Å². The normalized spacial score (nSPS) is 10.3. The Balaban J connectivity index is -0.000000930. The smallest absolute Gasteiger partial charge is 0.106 e. The van der Waals surface area contributed by atoms with Crippen LogP contribution in [0.1, 0.15) is 99.3 Å². The summed E-state index contributed by atoms with van der Waals surface area (Å²) in [5, 5.41) is 18.3. The molecule has 0 saturated carbocycles. The molecule has 2 aliphatic heterocycles. The first-order chi connectivity index (χ1) is 69.0. The highest BCUT2D eigenvalue weighted by atomic mass is 33.6. The number of thiol groups is 1. The molecule has 842 valence electrons. The first-order valence-electron chi connectivity index (χ1n) is 31.5. The minimum absolute atomic E-state index is 0. The van der Waals surface area contributed by atoms with Gasteiger partial charge in [-0.25, -0.2) is 4.98 Å². The quantitative estimate of drug-likeness (QED) is 0.0842. The molecule has 0 bridgehead atoms. The minimum Gasteiger partial charge on any atom is -0.396 e. The predicted octanol–water partition coefficient (Wildman–Crippen LogP) is 8.58. The molecule has 5 nitrogen and oxygen atoms in total. The van der Waals surface area contributed by atoms with Crippen molar-refractivity contribution in [3.8, 4) is 0 Å². The van der Waals surface area contributed by atoms with Crippen LogP contribution in [0.25, 0.3) is 0 Å². The number of hydrogen-bond acceptors (Lipinski definition) is 16. The first kappa shape index (κ1) is 170. The standard InChI is InChI=1S/C13H27NOS2.C9H13NOS2.C9H19NS.CH4.S49.S48.S2/c1-13(2,17-16-11-7-6-10-15)12-14-8-4-3-5-9-14;11-7-3-4-8-12-13-9-5-1-2-6-10-9;1-9(2,11)8-10-6-4-3-5-7-10;;1-3-5-7-9-11-13-15-17-19-21-23-25-27-29-31-33-35-37-39-41-43-45-47-49-48-46-44-42-40-38-36-34-32-30-28-26-24-22-20-18-16-14-12-10-8-6-4-2;1-3-5-7-9-11-13-15-17-19-21-23-25-27-29-31-33-35-37-39-41-43-45-47-48-46-44-42-40-38-36-34-32-30-28-26-24-22-20-18-16-14-12-10-8-6-4-2;1-2/h15H,3-12H2,1-2H3;1-2,5-6,11H,3-4,7-8H2;11H,3-8H2,1-2H3;1H4;;;. The van der Waals surface area contributed by atoms with E-state index < -0.39 is 0 Å². The third-order valence-electron chi connectivity index (χ3n) is 8.98. The molecule has 2 saturated heterocycles. The molecule has 0 radical (unpaired) electrons. The van der Waals surface area contributed by atoms with E-state index in [9.17, 15) is 0 Å². The van der Waals surface area contributed by atoms with Crippen LogP contribution in [-0.2, 0) is 893 Å². The third kappa shape index (κ3) is 159. The van der Waals surface area contributed by atoms with Crippen LogP contribution in [0.15, 0.2) is 29.4 Å². The summed E-state index contributed by atoms with van der Waals surface area (Å²) in [4.78, 5) is 9.33. The van der Waals surface area contributed by atoms with Crippen molar-refractivity contribution in [3.05, 3.63) is 24.4 Å². The molecule has 1 aromatic rings. The summed E-state index contributed by atoms with van der Waals surface area (Å²) >= 11 is 31.1. The fraction of sp³-hybridized carbons (Fsp3) is 0.844. The van der Waals surface area contributed by atoms with Crippen LogP contribution in [0, 0.1) is 0 Å². The van der Waals surface area contributed by atoms with Gasteiger partial charge in [0.25, 0.3) is 0 Å². The molecular formula is C32H63N3O2S104. The average molecular weight is 3860 g/mol. The van der Waals surface area contributed by atoms with Crippen LogP contribution < -0.4 is 0 Å². The number of pyridine rings is 1. The van der Waals surface area contributed by atoms with Crippen LogP contribution in [-0.4, -0.2) is 98.5 Å². The number of aliphatic hydroxyl groups excluding tert-OH is 2.